The smallest absolute Gasteiger partial charge is 0.244 e. The van der Waals surface area contributed by atoms with Crippen molar-refractivity contribution >= 4 is 40.2 Å². The van der Waals surface area contributed by atoms with Gasteiger partial charge in [0.15, 0.2) is 5.16 Å². The molecular formula is C18H12ClFN2OS2. The molecule has 1 heterocycles. The van der Waals surface area contributed by atoms with Crippen LogP contribution in [0.5, 0.6) is 0 Å². The molecule has 0 atom stereocenters. The normalized spacial score (nSPS) is 10.6. The molecule has 0 aliphatic carbocycles. The Morgan fingerprint density at radius 1 is 1.08 bits per heavy atom. The van der Waals surface area contributed by atoms with Crippen LogP contribution in [0.3, 0.4) is 0 Å². The van der Waals surface area contributed by atoms with Crippen molar-refractivity contribution in [1.82, 2.24) is 9.97 Å². The summed E-state index contributed by atoms with van der Waals surface area (Å²) in [6, 6.07) is 15.8. The van der Waals surface area contributed by atoms with Crippen molar-refractivity contribution in [2.45, 2.75) is 15.8 Å². The summed E-state index contributed by atoms with van der Waals surface area (Å²) in [6.45, 7) is 0. The predicted molar refractivity (Wildman–Crippen MR) is 99.6 cm³/mol. The molecule has 126 valence electrons. The molecule has 0 amide bonds. The van der Waals surface area contributed by atoms with E-state index < -0.39 is 0 Å². The molecule has 25 heavy (non-hydrogen) atoms. The molecule has 0 saturated heterocycles. The largest absolute Gasteiger partial charge is 0.279 e. The van der Waals surface area contributed by atoms with Crippen LogP contribution in [0, 0.1) is 5.82 Å². The Hall–Kier alpha value is -1.89. The summed E-state index contributed by atoms with van der Waals surface area (Å²) in [5.74, 6) is 0.0909. The third kappa shape index (κ3) is 4.81. The summed E-state index contributed by atoms with van der Waals surface area (Å²) in [4.78, 5) is 21.6. The molecule has 2 aromatic carbocycles. The Labute approximate surface area is 158 Å². The first-order chi connectivity index (χ1) is 12.1. The molecule has 7 heteroatoms. The van der Waals surface area contributed by atoms with Gasteiger partial charge in [0.05, 0.1) is 11.2 Å². The molecule has 3 aromatic rings. The van der Waals surface area contributed by atoms with Crippen molar-refractivity contribution < 1.29 is 9.18 Å². The molecule has 0 saturated carbocycles. The van der Waals surface area contributed by atoms with Crippen LogP contribution in [0.1, 0.15) is 16.1 Å². The quantitative estimate of drug-likeness (QED) is 0.425. The molecule has 0 radical (unpaired) electrons. The Balaban J connectivity index is 1.74. The zero-order valence-electron chi connectivity index (χ0n) is 12.9. The molecule has 0 spiro atoms. The van der Waals surface area contributed by atoms with Crippen LogP contribution in [0.4, 0.5) is 4.39 Å². The number of rotatable bonds is 5. The number of carbonyl (C=O) groups is 1. The van der Waals surface area contributed by atoms with Crippen molar-refractivity contribution in [3.63, 3.8) is 0 Å². The lowest BCUT2D eigenvalue weighted by molar-refractivity contribution is 0.108. The van der Waals surface area contributed by atoms with E-state index in [1.165, 1.54) is 24.0 Å². The van der Waals surface area contributed by atoms with Crippen LogP contribution in [-0.2, 0) is 5.75 Å². The number of hydrogen-bond donors (Lipinski definition) is 0. The van der Waals surface area contributed by atoms with E-state index in [4.69, 9.17) is 11.6 Å². The Morgan fingerprint density at radius 2 is 1.80 bits per heavy atom. The summed E-state index contributed by atoms with van der Waals surface area (Å²) in [7, 11) is 0. The van der Waals surface area contributed by atoms with E-state index in [1.807, 2.05) is 30.3 Å². The standard InChI is InChI=1S/C18H12ClFN2OS2/c19-14-10-21-18(24-11-12-6-4-5-9-15(12)20)22-16(14)17(23)25-13-7-2-1-3-8-13/h1-10H,11H2. The number of carbonyl (C=O) groups excluding carboxylic acids is 1. The number of benzene rings is 2. The van der Waals surface area contributed by atoms with E-state index in [9.17, 15) is 9.18 Å². The SMILES string of the molecule is O=C(Sc1ccccc1)c1nc(SCc2ccccc2F)ncc1Cl. The number of hydrogen-bond acceptors (Lipinski definition) is 5. The fourth-order valence-electron chi connectivity index (χ4n) is 1.97. The van der Waals surface area contributed by atoms with Gasteiger partial charge in [0, 0.05) is 10.6 Å². The molecule has 0 aliphatic rings. The van der Waals surface area contributed by atoms with Crippen LogP contribution in [0.15, 0.2) is 70.8 Å². The fraction of sp³-hybridized carbons (Fsp3) is 0.0556. The minimum atomic E-state index is -0.278. The van der Waals surface area contributed by atoms with E-state index >= 15 is 0 Å². The van der Waals surface area contributed by atoms with E-state index in [-0.39, 0.29) is 21.6 Å². The fourth-order valence-corrected chi connectivity index (χ4v) is 3.76. The van der Waals surface area contributed by atoms with Crippen LogP contribution < -0.4 is 0 Å². The number of halogens is 2. The van der Waals surface area contributed by atoms with Crippen LogP contribution in [0.25, 0.3) is 0 Å². The number of thioether (sulfide) groups is 2. The molecule has 3 rings (SSSR count). The second kappa shape index (κ2) is 8.47. The minimum absolute atomic E-state index is 0.154. The average molecular weight is 391 g/mol. The summed E-state index contributed by atoms with van der Waals surface area (Å²) >= 11 is 8.38. The predicted octanol–water partition coefficient (Wildman–Crippen LogP) is 5.49. The van der Waals surface area contributed by atoms with Crippen LogP contribution in [0.2, 0.25) is 5.02 Å². The first-order valence-corrected chi connectivity index (χ1v) is 9.47. The zero-order valence-corrected chi connectivity index (χ0v) is 15.2. The molecular weight excluding hydrogens is 379 g/mol. The monoisotopic (exact) mass is 390 g/mol. The molecule has 0 aliphatic heterocycles. The van der Waals surface area contributed by atoms with Crippen LogP contribution in [-0.4, -0.2) is 15.1 Å². The maximum Gasteiger partial charge on any atom is 0.244 e. The first-order valence-electron chi connectivity index (χ1n) is 7.29. The molecule has 0 N–H and O–H groups in total. The summed E-state index contributed by atoms with van der Waals surface area (Å²) in [6.07, 6.45) is 1.40. The topological polar surface area (TPSA) is 42.9 Å². The zero-order chi connectivity index (χ0) is 17.6. The Bertz CT molecular complexity index is 893. The Kier molecular flexibility index (Phi) is 6.07. The van der Waals surface area contributed by atoms with E-state index in [1.54, 1.807) is 18.2 Å². The maximum atomic E-state index is 13.7. The van der Waals surface area contributed by atoms with Crippen LogP contribution >= 0.6 is 35.1 Å². The van der Waals surface area contributed by atoms with Gasteiger partial charge in [-0.1, -0.05) is 59.8 Å². The van der Waals surface area contributed by atoms with Gasteiger partial charge in [0.1, 0.15) is 11.5 Å². The molecule has 3 nitrogen and oxygen atoms in total. The molecule has 0 bridgehead atoms. The van der Waals surface area contributed by atoms with Crippen molar-refractivity contribution in [3.8, 4) is 0 Å². The number of nitrogens with zero attached hydrogens (tertiary/aromatic N) is 2. The highest BCUT2D eigenvalue weighted by Crippen LogP contribution is 2.27. The second-order valence-corrected chi connectivity index (χ2v) is 7.33. The highest BCUT2D eigenvalue weighted by atomic mass is 35.5. The third-order valence-corrected chi connectivity index (χ3v) is 5.26. The van der Waals surface area contributed by atoms with Gasteiger partial charge in [-0.2, -0.15) is 0 Å². The van der Waals surface area contributed by atoms with Crippen molar-refractivity contribution in [3.05, 3.63) is 82.9 Å². The van der Waals surface area contributed by atoms with Crippen molar-refractivity contribution in [1.29, 1.82) is 0 Å². The van der Waals surface area contributed by atoms with Gasteiger partial charge in [0.2, 0.25) is 5.12 Å². The maximum absolute atomic E-state index is 13.7. The van der Waals surface area contributed by atoms with Gasteiger partial charge in [0.25, 0.3) is 0 Å². The molecule has 1 aromatic heterocycles. The lowest BCUT2D eigenvalue weighted by atomic mass is 10.2. The summed E-state index contributed by atoms with van der Waals surface area (Å²) in [5.41, 5.74) is 0.708. The van der Waals surface area contributed by atoms with Gasteiger partial charge in [-0.15, -0.1) is 0 Å². The van der Waals surface area contributed by atoms with Gasteiger partial charge in [-0.05, 0) is 35.5 Å². The molecule has 0 fully saturated rings. The van der Waals surface area contributed by atoms with Gasteiger partial charge >= 0.3 is 0 Å². The second-order valence-electron chi connectivity index (χ2n) is 4.93. The number of aromatic nitrogens is 2. The van der Waals surface area contributed by atoms with E-state index in [0.717, 1.165) is 16.7 Å². The third-order valence-electron chi connectivity index (χ3n) is 3.18. The Morgan fingerprint density at radius 3 is 2.56 bits per heavy atom. The molecule has 0 unspecified atom stereocenters. The minimum Gasteiger partial charge on any atom is -0.279 e. The van der Waals surface area contributed by atoms with Crippen molar-refractivity contribution in [2.75, 3.05) is 0 Å². The summed E-state index contributed by atoms with van der Waals surface area (Å²) in [5, 5.41) is 0.319. The highest BCUT2D eigenvalue weighted by Gasteiger charge is 2.16. The van der Waals surface area contributed by atoms with E-state index in [2.05, 4.69) is 9.97 Å². The van der Waals surface area contributed by atoms with Gasteiger partial charge < -0.3 is 0 Å². The first kappa shape index (κ1) is 17.9. The summed E-state index contributed by atoms with van der Waals surface area (Å²) < 4.78 is 13.7. The highest BCUT2D eigenvalue weighted by molar-refractivity contribution is 8.14. The van der Waals surface area contributed by atoms with Gasteiger partial charge in [-0.3, -0.25) is 4.79 Å². The van der Waals surface area contributed by atoms with E-state index in [0.29, 0.717) is 16.5 Å². The lowest BCUT2D eigenvalue weighted by Gasteiger charge is -2.06. The van der Waals surface area contributed by atoms with Crippen molar-refractivity contribution in [2.24, 2.45) is 0 Å². The lowest BCUT2D eigenvalue weighted by Crippen LogP contribution is -2.02. The average Bonchev–Trinajstić information content (AvgIpc) is 2.63. The van der Waals surface area contributed by atoms with Gasteiger partial charge in [-0.25, -0.2) is 14.4 Å².